The Morgan fingerprint density at radius 3 is 2.79 bits per heavy atom. The van der Waals surface area contributed by atoms with Gasteiger partial charge in [0, 0.05) is 6.42 Å². The van der Waals surface area contributed by atoms with Crippen LogP contribution in [0.25, 0.3) is 0 Å². The summed E-state index contributed by atoms with van der Waals surface area (Å²) in [5, 5.41) is 15.0. The van der Waals surface area contributed by atoms with Gasteiger partial charge in [0.25, 0.3) is 0 Å². The first-order chi connectivity index (χ1) is 8.99. The van der Waals surface area contributed by atoms with Crippen molar-refractivity contribution in [2.24, 2.45) is 5.73 Å². The van der Waals surface area contributed by atoms with Gasteiger partial charge in [0.1, 0.15) is 6.04 Å². The topological polar surface area (TPSA) is 104 Å². The summed E-state index contributed by atoms with van der Waals surface area (Å²) in [6.45, 7) is 1.54. The van der Waals surface area contributed by atoms with E-state index in [1.807, 2.05) is 24.3 Å². The smallest absolute Gasteiger partial charge is 0.312 e. The number of urea groups is 1. The molecule has 1 aliphatic carbocycles. The van der Waals surface area contributed by atoms with Crippen LogP contribution in [0.2, 0.25) is 0 Å². The molecule has 5 N–H and O–H groups in total. The molecule has 3 atom stereocenters. The average Bonchev–Trinajstić information content (AvgIpc) is 2.65. The van der Waals surface area contributed by atoms with E-state index in [1.54, 1.807) is 0 Å². The molecule has 0 aliphatic heterocycles. The van der Waals surface area contributed by atoms with E-state index in [-0.39, 0.29) is 5.91 Å². The minimum absolute atomic E-state index is 0.375. The number of amides is 3. The number of hydrogen-bond acceptors (Lipinski definition) is 3. The zero-order chi connectivity index (χ0) is 14.0. The van der Waals surface area contributed by atoms with Crippen LogP contribution in [0.1, 0.15) is 24.1 Å². The lowest BCUT2D eigenvalue weighted by molar-refractivity contribution is -0.124. The van der Waals surface area contributed by atoms with Crippen LogP contribution in [0.15, 0.2) is 24.3 Å². The average molecular weight is 263 g/mol. The molecule has 1 unspecified atom stereocenters. The summed E-state index contributed by atoms with van der Waals surface area (Å²) in [6, 6.07) is 5.63. The summed E-state index contributed by atoms with van der Waals surface area (Å²) >= 11 is 0. The maximum atomic E-state index is 11.9. The van der Waals surface area contributed by atoms with Crippen LogP contribution in [0.4, 0.5) is 4.79 Å². The number of nitrogens with two attached hydrogens (primary N) is 1. The van der Waals surface area contributed by atoms with Crippen LogP contribution in [0, 0.1) is 0 Å². The van der Waals surface area contributed by atoms with Crippen LogP contribution in [-0.2, 0) is 11.2 Å². The first kappa shape index (κ1) is 13.4. The number of rotatable bonds is 3. The van der Waals surface area contributed by atoms with Crippen molar-refractivity contribution >= 4 is 11.9 Å². The summed E-state index contributed by atoms with van der Waals surface area (Å²) in [6.07, 6.45) is -0.138. The van der Waals surface area contributed by atoms with Crippen LogP contribution in [0.5, 0.6) is 0 Å². The molecule has 0 spiro atoms. The van der Waals surface area contributed by atoms with Crippen molar-refractivity contribution < 1.29 is 14.7 Å². The first-order valence-corrected chi connectivity index (χ1v) is 6.11. The van der Waals surface area contributed by atoms with Crippen molar-refractivity contribution in [3.63, 3.8) is 0 Å². The maximum absolute atomic E-state index is 11.9. The molecule has 6 nitrogen and oxygen atoms in total. The van der Waals surface area contributed by atoms with Crippen LogP contribution < -0.4 is 16.4 Å². The number of primary amides is 1. The molecule has 0 saturated heterocycles. The number of carbonyl (C=O) groups is 2. The molecule has 1 aliphatic rings. The lowest BCUT2D eigenvalue weighted by atomic mass is 10.1. The molecule has 1 aromatic carbocycles. The van der Waals surface area contributed by atoms with E-state index in [2.05, 4.69) is 10.6 Å². The Morgan fingerprint density at radius 2 is 2.11 bits per heavy atom. The summed E-state index contributed by atoms with van der Waals surface area (Å²) in [7, 11) is 0. The first-order valence-electron chi connectivity index (χ1n) is 6.11. The Morgan fingerprint density at radius 1 is 1.42 bits per heavy atom. The fraction of sp³-hybridized carbons (Fsp3) is 0.385. The van der Waals surface area contributed by atoms with Gasteiger partial charge in [-0.15, -0.1) is 0 Å². The number of aliphatic hydroxyl groups is 1. The van der Waals surface area contributed by atoms with Gasteiger partial charge in [-0.05, 0) is 18.1 Å². The van der Waals surface area contributed by atoms with E-state index in [0.717, 1.165) is 11.1 Å². The molecule has 0 fully saturated rings. The molecule has 0 bridgehead atoms. The van der Waals surface area contributed by atoms with Crippen molar-refractivity contribution in [3.8, 4) is 0 Å². The summed E-state index contributed by atoms with van der Waals surface area (Å²) < 4.78 is 0. The minimum Gasteiger partial charge on any atom is -0.390 e. The monoisotopic (exact) mass is 263 g/mol. The molecular formula is C13H17N3O3. The van der Waals surface area contributed by atoms with Gasteiger partial charge in [-0.1, -0.05) is 24.3 Å². The van der Waals surface area contributed by atoms with Gasteiger partial charge in [0.2, 0.25) is 5.91 Å². The molecule has 1 aromatic rings. The molecule has 0 heterocycles. The maximum Gasteiger partial charge on any atom is 0.312 e. The number of fused-ring (bicyclic) bond motifs is 1. The fourth-order valence-electron chi connectivity index (χ4n) is 2.31. The van der Waals surface area contributed by atoms with Gasteiger partial charge in [-0.25, -0.2) is 4.79 Å². The Hall–Kier alpha value is -2.08. The van der Waals surface area contributed by atoms with Crippen LogP contribution in [0.3, 0.4) is 0 Å². The van der Waals surface area contributed by atoms with Gasteiger partial charge in [-0.3, -0.25) is 4.79 Å². The third-order valence-corrected chi connectivity index (χ3v) is 3.25. The second-order valence-corrected chi connectivity index (χ2v) is 4.69. The largest absolute Gasteiger partial charge is 0.390 e. The van der Waals surface area contributed by atoms with E-state index in [1.165, 1.54) is 6.92 Å². The predicted molar refractivity (Wildman–Crippen MR) is 69.2 cm³/mol. The number of hydrogen-bond donors (Lipinski definition) is 4. The van der Waals surface area contributed by atoms with Crippen molar-refractivity contribution in [1.82, 2.24) is 10.6 Å². The Kier molecular flexibility index (Phi) is 3.71. The normalized spacial score (nSPS) is 22.4. The molecule has 3 amide bonds. The van der Waals surface area contributed by atoms with Crippen molar-refractivity contribution in [3.05, 3.63) is 35.4 Å². The Bertz CT molecular complexity index is 504. The highest BCUT2D eigenvalue weighted by Gasteiger charge is 2.32. The number of benzene rings is 1. The number of carbonyl (C=O) groups excluding carboxylic acids is 2. The lowest BCUT2D eigenvalue weighted by Gasteiger charge is -2.20. The summed E-state index contributed by atoms with van der Waals surface area (Å²) in [5.74, 6) is -0.375. The van der Waals surface area contributed by atoms with Gasteiger partial charge < -0.3 is 21.5 Å². The molecule has 102 valence electrons. The molecular weight excluding hydrogens is 246 g/mol. The van der Waals surface area contributed by atoms with E-state index < -0.39 is 24.2 Å². The van der Waals surface area contributed by atoms with Gasteiger partial charge in [0.05, 0.1) is 12.1 Å². The standard InChI is InChI=1S/C13H17N3O3/c1-7(15-13(14)19)12(18)16-11-9-5-3-2-4-8(9)6-10(11)17/h2-5,7,10-11,17H,6H2,1H3,(H,16,18)(H3,14,15,19)/t7?,10-,11+/m0/s1. The molecule has 0 saturated carbocycles. The molecule has 0 aromatic heterocycles. The van der Waals surface area contributed by atoms with Gasteiger partial charge in [0.15, 0.2) is 0 Å². The summed E-state index contributed by atoms with van der Waals surface area (Å²) in [5.41, 5.74) is 6.90. The SMILES string of the molecule is CC(NC(N)=O)C(=O)N[C@@H]1c2ccccc2C[C@@H]1O. The van der Waals surface area contributed by atoms with E-state index >= 15 is 0 Å². The number of nitrogens with one attached hydrogen (secondary N) is 2. The third-order valence-electron chi connectivity index (χ3n) is 3.25. The Labute approximate surface area is 111 Å². The van der Waals surface area contributed by atoms with E-state index in [9.17, 15) is 14.7 Å². The number of aliphatic hydroxyl groups excluding tert-OH is 1. The zero-order valence-electron chi connectivity index (χ0n) is 10.6. The molecule has 0 radical (unpaired) electrons. The highest BCUT2D eigenvalue weighted by atomic mass is 16.3. The quantitative estimate of drug-likeness (QED) is 0.608. The predicted octanol–water partition coefficient (Wildman–Crippen LogP) is -0.182. The second-order valence-electron chi connectivity index (χ2n) is 4.69. The minimum atomic E-state index is -0.755. The molecule has 19 heavy (non-hydrogen) atoms. The second kappa shape index (κ2) is 5.27. The van der Waals surface area contributed by atoms with Crippen LogP contribution in [-0.4, -0.2) is 29.2 Å². The molecule has 6 heteroatoms. The highest BCUT2D eigenvalue weighted by Crippen LogP contribution is 2.31. The van der Waals surface area contributed by atoms with Crippen molar-refractivity contribution in [2.75, 3.05) is 0 Å². The van der Waals surface area contributed by atoms with Gasteiger partial charge >= 0.3 is 6.03 Å². The fourth-order valence-corrected chi connectivity index (χ4v) is 2.31. The summed E-state index contributed by atoms with van der Waals surface area (Å²) in [4.78, 5) is 22.6. The highest BCUT2D eigenvalue weighted by molar-refractivity contribution is 5.86. The Balaban J connectivity index is 2.07. The molecule has 2 rings (SSSR count). The van der Waals surface area contributed by atoms with Gasteiger partial charge in [-0.2, -0.15) is 0 Å². The van der Waals surface area contributed by atoms with Crippen LogP contribution >= 0.6 is 0 Å². The lowest BCUT2D eigenvalue weighted by Crippen LogP contribution is -2.48. The van der Waals surface area contributed by atoms with Crippen molar-refractivity contribution in [1.29, 1.82) is 0 Å². The van der Waals surface area contributed by atoms with Crippen molar-refractivity contribution in [2.45, 2.75) is 31.5 Å². The zero-order valence-corrected chi connectivity index (χ0v) is 10.6. The van der Waals surface area contributed by atoms with E-state index in [4.69, 9.17) is 5.73 Å². The third kappa shape index (κ3) is 2.85. The van der Waals surface area contributed by atoms with E-state index in [0.29, 0.717) is 6.42 Å².